The SMILES string of the molecule is O=C1CN(C(=O)c2cnc[nH]2)Cc2[nH]c(-c3ccncc3)c(Nc3ccccc3)c21. The number of benzene rings is 1. The Morgan fingerprint density at radius 1 is 1.03 bits per heavy atom. The highest BCUT2D eigenvalue weighted by Gasteiger charge is 2.33. The molecule has 1 aromatic carbocycles. The van der Waals surface area contributed by atoms with Gasteiger partial charge in [0.05, 0.1) is 42.6 Å². The lowest BCUT2D eigenvalue weighted by atomic mass is 10.0. The molecule has 3 N–H and O–H groups in total. The molecule has 8 heteroatoms. The number of H-pyrrole nitrogens is 2. The van der Waals surface area contributed by atoms with E-state index in [4.69, 9.17) is 0 Å². The molecule has 5 rings (SSSR count). The summed E-state index contributed by atoms with van der Waals surface area (Å²) < 4.78 is 0. The Labute approximate surface area is 172 Å². The van der Waals surface area contributed by atoms with Gasteiger partial charge in [0.15, 0.2) is 5.78 Å². The molecule has 0 unspecified atom stereocenters. The van der Waals surface area contributed by atoms with E-state index in [1.54, 1.807) is 12.4 Å². The number of anilines is 2. The molecule has 1 aliphatic heterocycles. The molecule has 1 amide bonds. The fourth-order valence-corrected chi connectivity index (χ4v) is 3.69. The molecule has 0 saturated carbocycles. The van der Waals surface area contributed by atoms with E-state index in [1.165, 1.54) is 17.4 Å². The van der Waals surface area contributed by atoms with Crippen molar-refractivity contribution < 1.29 is 9.59 Å². The first-order chi connectivity index (χ1) is 14.7. The van der Waals surface area contributed by atoms with Crippen molar-refractivity contribution in [2.75, 3.05) is 11.9 Å². The van der Waals surface area contributed by atoms with Gasteiger partial charge in [-0.15, -0.1) is 0 Å². The van der Waals surface area contributed by atoms with E-state index in [1.807, 2.05) is 42.5 Å². The standard InChI is InChI=1S/C22H18N6O2/c29-18-12-28(22(30)16-10-24-13-25-16)11-17-19(18)21(26-15-4-2-1-3-5-15)20(27-17)14-6-8-23-9-7-14/h1-10,13,26-27H,11-12H2,(H,24,25). The van der Waals surface area contributed by atoms with Crippen LogP contribution in [0.1, 0.15) is 26.5 Å². The number of pyridine rings is 1. The predicted molar refractivity (Wildman–Crippen MR) is 111 cm³/mol. The molecule has 0 fully saturated rings. The van der Waals surface area contributed by atoms with Crippen LogP contribution in [0.4, 0.5) is 11.4 Å². The van der Waals surface area contributed by atoms with Crippen molar-refractivity contribution in [2.24, 2.45) is 0 Å². The lowest BCUT2D eigenvalue weighted by molar-refractivity contribution is 0.0673. The Hall–Kier alpha value is -4.20. The van der Waals surface area contributed by atoms with E-state index in [0.29, 0.717) is 29.2 Å². The zero-order valence-electron chi connectivity index (χ0n) is 15.9. The van der Waals surface area contributed by atoms with Crippen LogP contribution in [-0.4, -0.2) is 43.1 Å². The van der Waals surface area contributed by atoms with Crippen LogP contribution in [0, 0.1) is 0 Å². The largest absolute Gasteiger partial charge is 0.355 e. The number of para-hydroxylation sites is 1. The quantitative estimate of drug-likeness (QED) is 0.489. The number of aromatic amines is 2. The lowest BCUT2D eigenvalue weighted by Crippen LogP contribution is -2.39. The van der Waals surface area contributed by atoms with Gasteiger partial charge < -0.3 is 20.2 Å². The van der Waals surface area contributed by atoms with Gasteiger partial charge in [0, 0.05) is 29.3 Å². The third-order valence-corrected chi connectivity index (χ3v) is 5.07. The molecule has 0 bridgehead atoms. The molecule has 4 heterocycles. The first-order valence-electron chi connectivity index (χ1n) is 9.49. The third kappa shape index (κ3) is 3.14. The Kier molecular flexibility index (Phi) is 4.36. The Morgan fingerprint density at radius 3 is 2.57 bits per heavy atom. The van der Waals surface area contributed by atoms with Gasteiger partial charge in [-0.3, -0.25) is 14.6 Å². The highest BCUT2D eigenvalue weighted by Crippen LogP contribution is 2.37. The van der Waals surface area contributed by atoms with Crippen molar-refractivity contribution in [3.63, 3.8) is 0 Å². The van der Waals surface area contributed by atoms with Gasteiger partial charge in [0.1, 0.15) is 5.69 Å². The summed E-state index contributed by atoms with van der Waals surface area (Å²) in [6.07, 6.45) is 6.32. The van der Waals surface area contributed by atoms with Gasteiger partial charge >= 0.3 is 0 Å². The second kappa shape index (κ2) is 7.32. The van der Waals surface area contributed by atoms with Crippen molar-refractivity contribution in [1.29, 1.82) is 0 Å². The molecule has 30 heavy (non-hydrogen) atoms. The number of aromatic nitrogens is 4. The monoisotopic (exact) mass is 398 g/mol. The van der Waals surface area contributed by atoms with Gasteiger partial charge in [-0.2, -0.15) is 0 Å². The van der Waals surface area contributed by atoms with Crippen LogP contribution in [-0.2, 0) is 6.54 Å². The topological polar surface area (TPSA) is 107 Å². The third-order valence-electron chi connectivity index (χ3n) is 5.07. The summed E-state index contributed by atoms with van der Waals surface area (Å²) in [5, 5.41) is 3.39. The average Bonchev–Trinajstić information content (AvgIpc) is 3.43. The number of carbonyl (C=O) groups excluding carboxylic acids is 2. The first kappa shape index (κ1) is 17.9. The minimum atomic E-state index is -0.260. The molecule has 148 valence electrons. The molecule has 1 aliphatic rings. The summed E-state index contributed by atoms with van der Waals surface area (Å²) in [6.45, 7) is 0.301. The second-order valence-electron chi connectivity index (χ2n) is 7.01. The Balaban J connectivity index is 1.58. The minimum Gasteiger partial charge on any atom is -0.355 e. The summed E-state index contributed by atoms with van der Waals surface area (Å²) in [5.41, 5.74) is 4.91. The number of nitrogens with zero attached hydrogens (tertiary/aromatic N) is 3. The van der Waals surface area contributed by atoms with Gasteiger partial charge in [-0.25, -0.2) is 4.98 Å². The van der Waals surface area contributed by atoms with E-state index in [-0.39, 0.29) is 18.2 Å². The van der Waals surface area contributed by atoms with Crippen LogP contribution in [0.3, 0.4) is 0 Å². The number of hydrogen-bond donors (Lipinski definition) is 3. The molecule has 4 aromatic rings. The van der Waals surface area contributed by atoms with E-state index < -0.39 is 0 Å². The zero-order valence-corrected chi connectivity index (χ0v) is 15.9. The van der Waals surface area contributed by atoms with E-state index >= 15 is 0 Å². The number of imidazole rings is 1. The van der Waals surface area contributed by atoms with Crippen LogP contribution >= 0.6 is 0 Å². The van der Waals surface area contributed by atoms with Crippen LogP contribution in [0.15, 0.2) is 67.4 Å². The van der Waals surface area contributed by atoms with Crippen molar-refractivity contribution in [3.8, 4) is 11.3 Å². The zero-order chi connectivity index (χ0) is 20.5. The first-order valence-corrected chi connectivity index (χ1v) is 9.49. The summed E-state index contributed by atoms with van der Waals surface area (Å²) in [7, 11) is 0. The van der Waals surface area contributed by atoms with Gasteiger partial charge in [0.25, 0.3) is 5.91 Å². The fourth-order valence-electron chi connectivity index (χ4n) is 3.69. The number of nitrogens with one attached hydrogen (secondary N) is 3. The molecule has 8 nitrogen and oxygen atoms in total. The highest BCUT2D eigenvalue weighted by molar-refractivity contribution is 6.10. The van der Waals surface area contributed by atoms with E-state index in [2.05, 4.69) is 25.3 Å². The lowest BCUT2D eigenvalue weighted by Gasteiger charge is -2.26. The molecular formula is C22H18N6O2. The van der Waals surface area contributed by atoms with Crippen molar-refractivity contribution >= 4 is 23.1 Å². The second-order valence-corrected chi connectivity index (χ2v) is 7.01. The van der Waals surface area contributed by atoms with Gasteiger partial charge in [-0.1, -0.05) is 18.2 Å². The molecule has 3 aromatic heterocycles. The highest BCUT2D eigenvalue weighted by atomic mass is 16.2. The normalized spacial score (nSPS) is 13.2. The van der Waals surface area contributed by atoms with E-state index in [0.717, 1.165) is 16.9 Å². The number of rotatable bonds is 4. The average molecular weight is 398 g/mol. The maximum absolute atomic E-state index is 13.1. The fraction of sp³-hybridized carbons (Fsp3) is 0.0909. The molecular weight excluding hydrogens is 380 g/mol. The number of amides is 1. The van der Waals surface area contributed by atoms with Gasteiger partial charge in [0.2, 0.25) is 0 Å². The number of ketones is 1. The van der Waals surface area contributed by atoms with Crippen molar-refractivity contribution in [1.82, 2.24) is 24.8 Å². The van der Waals surface area contributed by atoms with Crippen LogP contribution < -0.4 is 5.32 Å². The van der Waals surface area contributed by atoms with Crippen molar-refractivity contribution in [3.05, 3.63) is 84.3 Å². The van der Waals surface area contributed by atoms with E-state index in [9.17, 15) is 9.59 Å². The molecule has 0 radical (unpaired) electrons. The maximum Gasteiger partial charge on any atom is 0.272 e. The molecule has 0 atom stereocenters. The van der Waals surface area contributed by atoms with Crippen LogP contribution in [0.2, 0.25) is 0 Å². The molecule has 0 spiro atoms. The molecule has 0 aliphatic carbocycles. The van der Waals surface area contributed by atoms with Crippen LogP contribution in [0.25, 0.3) is 11.3 Å². The summed E-state index contributed by atoms with van der Waals surface area (Å²) in [4.78, 5) is 41.5. The summed E-state index contributed by atoms with van der Waals surface area (Å²) in [6, 6.07) is 13.4. The summed E-state index contributed by atoms with van der Waals surface area (Å²) >= 11 is 0. The Morgan fingerprint density at radius 2 is 1.83 bits per heavy atom. The minimum absolute atomic E-state index is 0.00195. The van der Waals surface area contributed by atoms with Gasteiger partial charge in [-0.05, 0) is 24.3 Å². The van der Waals surface area contributed by atoms with Crippen molar-refractivity contribution in [2.45, 2.75) is 6.54 Å². The van der Waals surface area contributed by atoms with Crippen LogP contribution in [0.5, 0.6) is 0 Å². The summed E-state index contributed by atoms with van der Waals surface area (Å²) in [5.74, 6) is -0.386. The maximum atomic E-state index is 13.1. The number of Topliss-reactive ketones (excluding diaryl/α,β-unsaturated/α-hetero) is 1. The number of fused-ring (bicyclic) bond motifs is 1. The predicted octanol–water partition coefficient (Wildman–Crippen LogP) is 3.38. The Bertz CT molecular complexity index is 1200. The molecule has 0 saturated heterocycles. The smallest absolute Gasteiger partial charge is 0.272 e. The number of hydrogen-bond acceptors (Lipinski definition) is 5. The number of carbonyl (C=O) groups is 2.